The smallest absolute Gasteiger partial charge is 0.336 e. The first-order chi connectivity index (χ1) is 15.7. The van der Waals surface area contributed by atoms with Crippen LogP contribution in [0.25, 0.3) is 0 Å². The highest BCUT2D eigenvalue weighted by Crippen LogP contribution is 2.51. The molecule has 0 bridgehead atoms. The summed E-state index contributed by atoms with van der Waals surface area (Å²) in [6, 6.07) is 3.56. The summed E-state index contributed by atoms with van der Waals surface area (Å²) in [4.78, 5) is 26.7. The Morgan fingerprint density at radius 2 is 1.73 bits per heavy atom. The predicted octanol–water partition coefficient (Wildman–Crippen LogP) is 3.51. The number of benzene rings is 1. The van der Waals surface area contributed by atoms with E-state index in [0.29, 0.717) is 52.5 Å². The fourth-order valence-corrected chi connectivity index (χ4v) is 4.66. The molecule has 1 aliphatic heterocycles. The van der Waals surface area contributed by atoms with E-state index >= 15 is 0 Å². The van der Waals surface area contributed by atoms with Crippen LogP contribution in [0.3, 0.4) is 0 Å². The van der Waals surface area contributed by atoms with Gasteiger partial charge in [0.2, 0.25) is 5.75 Å². The van der Waals surface area contributed by atoms with Crippen molar-refractivity contribution in [1.82, 2.24) is 5.32 Å². The number of ether oxygens (including phenoxy) is 5. The molecule has 0 fully saturated rings. The average molecular weight is 460 g/mol. The fraction of sp³-hybridized carbons (Fsp3) is 0.520. The molecule has 0 aromatic heterocycles. The maximum atomic E-state index is 13.5. The van der Waals surface area contributed by atoms with Gasteiger partial charge < -0.3 is 29.0 Å². The molecule has 0 radical (unpaired) electrons. The largest absolute Gasteiger partial charge is 0.493 e. The van der Waals surface area contributed by atoms with Crippen molar-refractivity contribution in [3.8, 4) is 17.2 Å². The Morgan fingerprint density at radius 3 is 2.33 bits per heavy atom. The van der Waals surface area contributed by atoms with Gasteiger partial charge in [-0.25, -0.2) is 4.79 Å². The minimum atomic E-state index is -0.672. The van der Waals surface area contributed by atoms with Crippen LogP contribution in [0.4, 0.5) is 0 Å². The number of hydrogen-bond donors (Lipinski definition) is 1. The molecule has 33 heavy (non-hydrogen) atoms. The van der Waals surface area contributed by atoms with Gasteiger partial charge in [0.05, 0.1) is 39.4 Å². The van der Waals surface area contributed by atoms with Gasteiger partial charge in [0.1, 0.15) is 6.61 Å². The number of nitrogens with one attached hydrogen (secondary N) is 1. The zero-order valence-electron chi connectivity index (χ0n) is 20.4. The number of methoxy groups -OCH3 is 4. The summed E-state index contributed by atoms with van der Waals surface area (Å²) in [5, 5.41) is 3.32. The lowest BCUT2D eigenvalue weighted by Gasteiger charge is -2.39. The van der Waals surface area contributed by atoms with E-state index in [0.717, 1.165) is 5.70 Å². The third-order valence-electron chi connectivity index (χ3n) is 6.03. The van der Waals surface area contributed by atoms with Crippen molar-refractivity contribution in [1.29, 1.82) is 0 Å². The van der Waals surface area contributed by atoms with E-state index in [1.165, 1.54) is 28.4 Å². The molecule has 1 aromatic rings. The standard InChI is InChI=1S/C25H33NO7/c1-14-19(24(28)33-11-10-29-4)20(21-16(26-14)12-25(2,3)13-17(21)27)15-8-9-18(30-5)23(32-7)22(15)31-6/h8-9,20,26H,10-13H2,1-7H3/t20-/m1/s1. The van der Waals surface area contributed by atoms with Crippen molar-refractivity contribution in [2.75, 3.05) is 41.7 Å². The molecule has 3 rings (SSSR count). The van der Waals surface area contributed by atoms with Crippen LogP contribution in [0, 0.1) is 5.41 Å². The summed E-state index contributed by atoms with van der Waals surface area (Å²) in [6.07, 6.45) is 1.06. The van der Waals surface area contributed by atoms with Crippen LogP contribution in [-0.4, -0.2) is 53.4 Å². The molecular formula is C25H33NO7. The van der Waals surface area contributed by atoms with Gasteiger partial charge in [0, 0.05) is 36.1 Å². The van der Waals surface area contributed by atoms with E-state index in [1.807, 2.05) is 13.0 Å². The molecule has 2 aliphatic rings. The van der Waals surface area contributed by atoms with Gasteiger partial charge in [-0.1, -0.05) is 19.9 Å². The lowest BCUT2D eigenvalue weighted by molar-refractivity contribution is -0.140. The number of dihydropyridines is 1. The number of carbonyl (C=O) groups is 2. The summed E-state index contributed by atoms with van der Waals surface area (Å²) < 4.78 is 27.2. The number of hydrogen-bond acceptors (Lipinski definition) is 8. The van der Waals surface area contributed by atoms with Crippen molar-refractivity contribution in [2.45, 2.75) is 39.5 Å². The van der Waals surface area contributed by atoms with E-state index in [2.05, 4.69) is 19.2 Å². The van der Waals surface area contributed by atoms with Crippen LogP contribution in [0.15, 0.2) is 34.7 Å². The summed E-state index contributed by atoms with van der Waals surface area (Å²) in [7, 11) is 6.12. The van der Waals surface area contributed by atoms with E-state index in [4.69, 9.17) is 23.7 Å². The van der Waals surface area contributed by atoms with Gasteiger partial charge in [-0.05, 0) is 24.8 Å². The number of Topliss-reactive ketones (excluding diaryl/α,β-unsaturated/α-hetero) is 1. The second-order valence-electron chi connectivity index (χ2n) is 8.98. The molecular weight excluding hydrogens is 426 g/mol. The van der Waals surface area contributed by atoms with Crippen molar-refractivity contribution >= 4 is 11.8 Å². The van der Waals surface area contributed by atoms with Gasteiger partial charge in [0.25, 0.3) is 0 Å². The number of rotatable bonds is 8. The number of allylic oxidation sites excluding steroid dienone is 3. The molecule has 8 heteroatoms. The Hall–Kier alpha value is -3.00. The summed E-state index contributed by atoms with van der Waals surface area (Å²) >= 11 is 0. The zero-order valence-corrected chi connectivity index (χ0v) is 20.4. The van der Waals surface area contributed by atoms with Crippen molar-refractivity contribution < 1.29 is 33.3 Å². The first-order valence-corrected chi connectivity index (χ1v) is 10.9. The Labute approximate surface area is 194 Å². The normalized spacial score (nSPS) is 19.6. The summed E-state index contributed by atoms with van der Waals surface area (Å²) in [5.74, 6) is 0.0972. The van der Waals surface area contributed by atoms with Crippen LogP contribution in [0.1, 0.15) is 45.1 Å². The Kier molecular flexibility index (Phi) is 7.37. The molecule has 0 amide bonds. The van der Waals surface area contributed by atoms with Gasteiger partial charge in [0.15, 0.2) is 17.3 Å². The molecule has 1 atom stereocenters. The first-order valence-electron chi connectivity index (χ1n) is 10.9. The summed E-state index contributed by atoms with van der Waals surface area (Å²) in [5.41, 5.74) is 2.83. The van der Waals surface area contributed by atoms with Gasteiger partial charge in [-0.2, -0.15) is 0 Å². The van der Waals surface area contributed by atoms with Gasteiger partial charge >= 0.3 is 5.97 Å². The quantitative estimate of drug-likeness (QED) is 0.466. The number of ketones is 1. The molecule has 0 spiro atoms. The van der Waals surface area contributed by atoms with E-state index in [1.54, 1.807) is 6.07 Å². The highest BCUT2D eigenvalue weighted by atomic mass is 16.6. The van der Waals surface area contributed by atoms with E-state index in [-0.39, 0.29) is 24.4 Å². The average Bonchev–Trinajstić information content (AvgIpc) is 2.76. The summed E-state index contributed by atoms with van der Waals surface area (Å²) in [6.45, 7) is 6.33. The molecule has 180 valence electrons. The molecule has 1 aliphatic carbocycles. The van der Waals surface area contributed by atoms with Gasteiger partial charge in [-0.15, -0.1) is 0 Å². The maximum Gasteiger partial charge on any atom is 0.336 e. The Balaban J connectivity index is 2.23. The number of esters is 1. The minimum Gasteiger partial charge on any atom is -0.493 e. The zero-order chi connectivity index (χ0) is 24.3. The second kappa shape index (κ2) is 9.87. The third-order valence-corrected chi connectivity index (χ3v) is 6.03. The molecule has 0 saturated carbocycles. The van der Waals surface area contributed by atoms with Crippen LogP contribution in [0.2, 0.25) is 0 Å². The number of carbonyl (C=O) groups excluding carboxylic acids is 2. The third kappa shape index (κ3) is 4.71. The molecule has 0 unspecified atom stereocenters. The lowest BCUT2D eigenvalue weighted by atomic mass is 9.68. The van der Waals surface area contributed by atoms with Gasteiger partial charge in [-0.3, -0.25) is 4.79 Å². The second-order valence-corrected chi connectivity index (χ2v) is 8.98. The van der Waals surface area contributed by atoms with Crippen LogP contribution in [0.5, 0.6) is 17.2 Å². The Bertz CT molecular complexity index is 1010. The molecule has 8 nitrogen and oxygen atoms in total. The van der Waals surface area contributed by atoms with E-state index < -0.39 is 11.9 Å². The van der Waals surface area contributed by atoms with Crippen LogP contribution >= 0.6 is 0 Å². The molecule has 1 heterocycles. The predicted molar refractivity (Wildman–Crippen MR) is 123 cm³/mol. The topological polar surface area (TPSA) is 92.3 Å². The molecule has 1 aromatic carbocycles. The highest BCUT2D eigenvalue weighted by Gasteiger charge is 2.44. The van der Waals surface area contributed by atoms with Crippen LogP contribution in [-0.2, 0) is 19.1 Å². The molecule has 0 saturated heterocycles. The van der Waals surface area contributed by atoms with E-state index in [9.17, 15) is 9.59 Å². The van der Waals surface area contributed by atoms with Crippen molar-refractivity contribution in [3.05, 3.63) is 40.2 Å². The SMILES string of the molecule is COCCOC(=O)C1=C(C)NC2=C(C(=O)CC(C)(C)C2)[C@@H]1c1ccc(OC)c(OC)c1OC. The van der Waals surface area contributed by atoms with Crippen molar-refractivity contribution in [3.63, 3.8) is 0 Å². The maximum absolute atomic E-state index is 13.5. The van der Waals surface area contributed by atoms with Crippen molar-refractivity contribution in [2.24, 2.45) is 5.41 Å². The van der Waals surface area contributed by atoms with Crippen LogP contribution < -0.4 is 19.5 Å². The molecule has 1 N–H and O–H groups in total. The Morgan fingerprint density at radius 1 is 1.03 bits per heavy atom. The first kappa shape index (κ1) is 24.6. The lowest BCUT2D eigenvalue weighted by Crippen LogP contribution is -2.39. The fourth-order valence-electron chi connectivity index (χ4n) is 4.66. The minimum absolute atomic E-state index is 0.00900. The monoisotopic (exact) mass is 459 g/mol. The highest BCUT2D eigenvalue weighted by molar-refractivity contribution is 6.04.